The van der Waals surface area contributed by atoms with Crippen molar-refractivity contribution in [1.29, 1.82) is 0 Å². The molecule has 2 aromatic heterocycles. The molecule has 0 aliphatic heterocycles. The molecule has 0 fully saturated rings. The maximum Gasteiger partial charge on any atom is 0.379 e. The largest absolute Gasteiger partial charge is 0.449 e. The Morgan fingerprint density at radius 3 is 2.52 bits per heavy atom. The highest BCUT2D eigenvalue weighted by Gasteiger charge is 2.15. The third-order valence-electron chi connectivity index (χ3n) is 3.43. The highest BCUT2D eigenvalue weighted by atomic mass is 16.5. The van der Waals surface area contributed by atoms with Gasteiger partial charge in [0, 0.05) is 22.9 Å². The number of para-hydroxylation sites is 1. The van der Waals surface area contributed by atoms with Crippen molar-refractivity contribution in [2.24, 2.45) is 0 Å². The van der Waals surface area contributed by atoms with Gasteiger partial charge >= 0.3 is 11.6 Å². The van der Waals surface area contributed by atoms with Crippen LogP contribution in [0.1, 0.15) is 10.6 Å². The van der Waals surface area contributed by atoms with Gasteiger partial charge in [0.1, 0.15) is 16.9 Å². The van der Waals surface area contributed by atoms with E-state index in [1.54, 1.807) is 30.3 Å². The Morgan fingerprint density at radius 1 is 0.826 bits per heavy atom. The van der Waals surface area contributed by atoms with E-state index in [4.69, 9.17) is 13.6 Å². The molecule has 2 heterocycles. The van der Waals surface area contributed by atoms with E-state index >= 15 is 0 Å². The van der Waals surface area contributed by atoms with Crippen molar-refractivity contribution in [3.8, 4) is 5.75 Å². The van der Waals surface area contributed by atoms with E-state index in [1.165, 1.54) is 12.1 Å². The van der Waals surface area contributed by atoms with Crippen molar-refractivity contribution in [3.63, 3.8) is 0 Å². The lowest BCUT2D eigenvalue weighted by molar-refractivity contribution is 0.0704. The Labute approximate surface area is 129 Å². The van der Waals surface area contributed by atoms with Crippen molar-refractivity contribution in [2.75, 3.05) is 0 Å². The summed E-state index contributed by atoms with van der Waals surface area (Å²) in [6, 6.07) is 16.7. The van der Waals surface area contributed by atoms with Crippen LogP contribution in [0.4, 0.5) is 0 Å². The molecule has 0 bridgehead atoms. The predicted octanol–water partition coefficient (Wildman–Crippen LogP) is 3.76. The maximum absolute atomic E-state index is 12.2. The van der Waals surface area contributed by atoms with Crippen molar-refractivity contribution < 1.29 is 18.4 Å². The van der Waals surface area contributed by atoms with Crippen LogP contribution in [0.3, 0.4) is 0 Å². The summed E-state index contributed by atoms with van der Waals surface area (Å²) in [6.45, 7) is 0. The molecular formula is C18H10O5. The molecule has 0 N–H and O–H groups in total. The summed E-state index contributed by atoms with van der Waals surface area (Å²) in [5.41, 5.74) is 0.509. The summed E-state index contributed by atoms with van der Waals surface area (Å²) in [7, 11) is 0. The van der Waals surface area contributed by atoms with E-state index < -0.39 is 11.6 Å². The molecule has 2 aromatic carbocycles. The number of rotatable bonds is 2. The molecule has 0 aliphatic carbocycles. The first kappa shape index (κ1) is 13.3. The second-order valence-electron chi connectivity index (χ2n) is 4.99. The number of ether oxygens (including phenoxy) is 1. The zero-order valence-corrected chi connectivity index (χ0v) is 11.8. The molecule has 23 heavy (non-hydrogen) atoms. The van der Waals surface area contributed by atoms with E-state index in [1.807, 2.05) is 18.2 Å². The molecule has 0 saturated heterocycles. The van der Waals surface area contributed by atoms with Gasteiger partial charge in [-0.05, 0) is 30.3 Å². The SMILES string of the molecule is O=C(Oc1ccc2ccc(=O)oc2c1)c1cc2ccccc2o1. The normalized spacial score (nSPS) is 11.0. The zero-order chi connectivity index (χ0) is 15.8. The van der Waals surface area contributed by atoms with E-state index in [0.717, 1.165) is 10.8 Å². The maximum atomic E-state index is 12.2. The van der Waals surface area contributed by atoms with Gasteiger partial charge in [-0.1, -0.05) is 18.2 Å². The van der Waals surface area contributed by atoms with Crippen LogP contribution in [0, 0.1) is 0 Å². The number of carbonyl (C=O) groups is 1. The number of fused-ring (bicyclic) bond motifs is 2. The fourth-order valence-electron chi connectivity index (χ4n) is 2.34. The van der Waals surface area contributed by atoms with Crippen molar-refractivity contribution in [1.82, 2.24) is 0 Å². The van der Waals surface area contributed by atoms with E-state index in [-0.39, 0.29) is 11.5 Å². The smallest absolute Gasteiger partial charge is 0.379 e. The van der Waals surface area contributed by atoms with Gasteiger partial charge in [0.05, 0.1) is 0 Å². The quantitative estimate of drug-likeness (QED) is 0.320. The van der Waals surface area contributed by atoms with Crippen LogP contribution >= 0.6 is 0 Å². The van der Waals surface area contributed by atoms with Crippen LogP contribution in [-0.2, 0) is 0 Å². The molecule has 5 nitrogen and oxygen atoms in total. The van der Waals surface area contributed by atoms with Gasteiger partial charge < -0.3 is 13.6 Å². The third kappa shape index (κ3) is 2.48. The third-order valence-corrected chi connectivity index (χ3v) is 3.43. The minimum absolute atomic E-state index is 0.112. The second-order valence-corrected chi connectivity index (χ2v) is 4.99. The average Bonchev–Trinajstić information content (AvgIpc) is 2.98. The van der Waals surface area contributed by atoms with Gasteiger partial charge in [-0.2, -0.15) is 0 Å². The van der Waals surface area contributed by atoms with Crippen molar-refractivity contribution >= 4 is 27.9 Å². The minimum Gasteiger partial charge on any atom is -0.449 e. The highest BCUT2D eigenvalue weighted by Crippen LogP contribution is 2.23. The zero-order valence-electron chi connectivity index (χ0n) is 11.8. The molecule has 0 radical (unpaired) electrons. The molecular weight excluding hydrogens is 296 g/mol. The number of esters is 1. The summed E-state index contributed by atoms with van der Waals surface area (Å²) in [5, 5.41) is 1.57. The first-order valence-electron chi connectivity index (χ1n) is 6.94. The molecule has 0 atom stereocenters. The predicted molar refractivity (Wildman–Crippen MR) is 83.7 cm³/mol. The Morgan fingerprint density at radius 2 is 1.65 bits per heavy atom. The summed E-state index contributed by atoms with van der Waals surface area (Å²) in [5.74, 6) is -0.225. The number of benzene rings is 2. The number of hydrogen-bond donors (Lipinski definition) is 0. The number of furan rings is 1. The fraction of sp³-hybridized carbons (Fsp3) is 0. The summed E-state index contributed by atoms with van der Waals surface area (Å²) in [4.78, 5) is 23.4. The van der Waals surface area contributed by atoms with Crippen LogP contribution in [-0.4, -0.2) is 5.97 Å². The fourth-order valence-corrected chi connectivity index (χ4v) is 2.34. The van der Waals surface area contributed by atoms with E-state index in [9.17, 15) is 9.59 Å². The second kappa shape index (κ2) is 5.14. The molecule has 5 heteroatoms. The van der Waals surface area contributed by atoms with Crippen LogP contribution in [0.15, 0.2) is 74.3 Å². The number of carbonyl (C=O) groups excluding carboxylic acids is 1. The van der Waals surface area contributed by atoms with Crippen LogP contribution in [0.25, 0.3) is 21.9 Å². The molecule has 112 valence electrons. The molecule has 0 saturated carbocycles. The Balaban J connectivity index is 1.66. The molecule has 4 rings (SSSR count). The van der Waals surface area contributed by atoms with Gasteiger partial charge in [-0.25, -0.2) is 9.59 Å². The van der Waals surface area contributed by atoms with E-state index in [2.05, 4.69) is 0 Å². The highest BCUT2D eigenvalue weighted by molar-refractivity contribution is 5.94. The van der Waals surface area contributed by atoms with Gasteiger partial charge in [0.15, 0.2) is 0 Å². The van der Waals surface area contributed by atoms with Crippen LogP contribution < -0.4 is 10.4 Å². The van der Waals surface area contributed by atoms with Crippen molar-refractivity contribution in [3.05, 3.63) is 76.8 Å². The first-order valence-corrected chi connectivity index (χ1v) is 6.94. The molecule has 0 aliphatic rings. The van der Waals surface area contributed by atoms with Crippen LogP contribution in [0.5, 0.6) is 5.75 Å². The van der Waals surface area contributed by atoms with Gasteiger partial charge in [-0.3, -0.25) is 0 Å². The van der Waals surface area contributed by atoms with Crippen molar-refractivity contribution in [2.45, 2.75) is 0 Å². The first-order chi connectivity index (χ1) is 11.2. The molecule has 0 spiro atoms. The standard InChI is InChI=1S/C18H10O5/c19-17-8-6-11-5-7-13(10-15(11)23-17)21-18(20)16-9-12-3-1-2-4-14(12)22-16/h1-10H. The molecule has 0 amide bonds. The van der Waals surface area contributed by atoms with Gasteiger partial charge in [0.25, 0.3) is 0 Å². The minimum atomic E-state index is -0.612. The lowest BCUT2D eigenvalue weighted by Crippen LogP contribution is -2.07. The molecule has 4 aromatic rings. The Bertz CT molecular complexity index is 1050. The summed E-state index contributed by atoms with van der Waals surface area (Å²) < 4.78 is 15.8. The topological polar surface area (TPSA) is 69.7 Å². The monoisotopic (exact) mass is 306 g/mol. The average molecular weight is 306 g/mol. The summed E-state index contributed by atoms with van der Waals surface area (Å²) >= 11 is 0. The van der Waals surface area contributed by atoms with Gasteiger partial charge in [0.2, 0.25) is 5.76 Å². The Kier molecular flexibility index (Phi) is 2.98. The summed E-state index contributed by atoms with van der Waals surface area (Å²) in [6.07, 6.45) is 0. The lowest BCUT2D eigenvalue weighted by Gasteiger charge is -2.03. The molecule has 0 unspecified atom stereocenters. The van der Waals surface area contributed by atoms with E-state index in [0.29, 0.717) is 11.2 Å². The number of hydrogen-bond acceptors (Lipinski definition) is 5. The lowest BCUT2D eigenvalue weighted by atomic mass is 10.2. The Hall–Kier alpha value is -3.34. The van der Waals surface area contributed by atoms with Crippen LogP contribution in [0.2, 0.25) is 0 Å². The van der Waals surface area contributed by atoms with Gasteiger partial charge in [-0.15, -0.1) is 0 Å².